The van der Waals surface area contributed by atoms with Gasteiger partial charge >= 0.3 is 6.18 Å². The number of hydrogen-bond donors (Lipinski definition) is 3. The molecule has 0 aromatic rings. The Labute approximate surface area is 147 Å². The highest BCUT2D eigenvalue weighted by Crippen LogP contribution is 2.37. The predicted octanol–water partition coefficient (Wildman–Crippen LogP) is 2.45. The van der Waals surface area contributed by atoms with E-state index in [1.54, 1.807) is 0 Å². The Morgan fingerprint density at radius 3 is 2.68 bits per heavy atom. The molecule has 0 amide bonds. The number of nitrogens with zero attached hydrogens (tertiary/aromatic N) is 1. The van der Waals surface area contributed by atoms with Crippen molar-refractivity contribution in [3.63, 3.8) is 0 Å². The van der Waals surface area contributed by atoms with Crippen LogP contribution >= 0.6 is 0 Å². The molecule has 25 heavy (non-hydrogen) atoms. The normalized spacial score (nSPS) is 26.4. The first kappa shape index (κ1) is 20.3. The summed E-state index contributed by atoms with van der Waals surface area (Å²) in [4.78, 5) is 4.29. The average molecular weight is 365 g/mol. The van der Waals surface area contributed by atoms with Crippen LogP contribution < -0.4 is 10.6 Å². The van der Waals surface area contributed by atoms with Gasteiger partial charge in [-0.2, -0.15) is 13.2 Å². The summed E-state index contributed by atoms with van der Waals surface area (Å²) in [5.41, 5.74) is 0. The number of nitrogens with one attached hydrogen (secondary N) is 2. The van der Waals surface area contributed by atoms with E-state index < -0.39 is 18.2 Å². The lowest BCUT2D eigenvalue weighted by molar-refractivity contribution is -0.183. The summed E-state index contributed by atoms with van der Waals surface area (Å²) in [5, 5.41) is 16.0. The van der Waals surface area contributed by atoms with Crippen LogP contribution in [0.3, 0.4) is 0 Å². The Balaban J connectivity index is 1.77. The number of ether oxygens (including phenoxy) is 1. The zero-order valence-electron chi connectivity index (χ0n) is 14.8. The molecule has 5 nitrogen and oxygen atoms in total. The van der Waals surface area contributed by atoms with Gasteiger partial charge < -0.3 is 20.5 Å². The van der Waals surface area contributed by atoms with E-state index in [1.807, 2.05) is 6.92 Å². The van der Waals surface area contributed by atoms with E-state index in [-0.39, 0.29) is 32.0 Å². The maximum atomic E-state index is 12.9. The number of rotatable bonds is 8. The lowest BCUT2D eigenvalue weighted by Crippen LogP contribution is -2.47. The van der Waals surface area contributed by atoms with Crippen LogP contribution in [-0.2, 0) is 4.74 Å². The molecular formula is C17H30F3N3O2. The van der Waals surface area contributed by atoms with Crippen molar-refractivity contribution in [1.29, 1.82) is 0 Å². The molecule has 146 valence electrons. The molecule has 0 radical (unpaired) electrons. The molecule has 3 N–H and O–H groups in total. The largest absolute Gasteiger partial charge is 0.391 e. The van der Waals surface area contributed by atoms with Gasteiger partial charge in [-0.05, 0) is 44.9 Å². The van der Waals surface area contributed by atoms with Gasteiger partial charge in [-0.3, -0.25) is 4.99 Å². The van der Waals surface area contributed by atoms with Gasteiger partial charge in [-0.15, -0.1) is 0 Å². The summed E-state index contributed by atoms with van der Waals surface area (Å²) in [7, 11) is 0. The van der Waals surface area contributed by atoms with Crippen molar-refractivity contribution in [2.45, 2.75) is 63.8 Å². The SMILES string of the molecule is CCNC(=NCC(O)COCC1CC1)NC1CCCC(C(F)(F)F)C1. The molecule has 0 aliphatic heterocycles. The van der Waals surface area contributed by atoms with Crippen LogP contribution in [0.15, 0.2) is 4.99 Å². The van der Waals surface area contributed by atoms with Crippen molar-refractivity contribution >= 4 is 5.96 Å². The van der Waals surface area contributed by atoms with Crippen LogP contribution in [0.1, 0.15) is 45.4 Å². The van der Waals surface area contributed by atoms with E-state index in [4.69, 9.17) is 4.74 Å². The Bertz CT molecular complexity index is 428. The summed E-state index contributed by atoms with van der Waals surface area (Å²) < 4.78 is 44.2. The van der Waals surface area contributed by atoms with Crippen LogP contribution in [0.25, 0.3) is 0 Å². The molecule has 0 spiro atoms. The smallest absolute Gasteiger partial charge is 0.389 e. The molecular weight excluding hydrogens is 335 g/mol. The lowest BCUT2D eigenvalue weighted by atomic mass is 9.85. The van der Waals surface area contributed by atoms with Crippen LogP contribution in [0.5, 0.6) is 0 Å². The highest BCUT2D eigenvalue weighted by Gasteiger charge is 2.42. The first-order valence-electron chi connectivity index (χ1n) is 9.25. The average Bonchev–Trinajstić information content (AvgIpc) is 3.37. The summed E-state index contributed by atoms with van der Waals surface area (Å²) in [6.07, 6.45) is -0.920. The Morgan fingerprint density at radius 2 is 2.04 bits per heavy atom. The van der Waals surface area contributed by atoms with Gasteiger partial charge in [-0.1, -0.05) is 6.42 Å². The van der Waals surface area contributed by atoms with Gasteiger partial charge in [0.05, 0.1) is 25.2 Å². The molecule has 2 fully saturated rings. The second kappa shape index (κ2) is 9.62. The van der Waals surface area contributed by atoms with Gasteiger partial charge in [0.2, 0.25) is 0 Å². The van der Waals surface area contributed by atoms with E-state index in [9.17, 15) is 18.3 Å². The molecule has 2 aliphatic carbocycles. The fourth-order valence-electron chi connectivity index (χ4n) is 3.04. The Hall–Kier alpha value is -1.02. The standard InChI is InChI=1S/C17H30F3N3O2/c1-2-21-16(22-9-15(24)11-25-10-12-6-7-12)23-14-5-3-4-13(8-14)17(18,19)20/h12-15,24H,2-11H2,1H3,(H2,21,22,23). The van der Waals surface area contributed by atoms with E-state index in [1.165, 1.54) is 12.8 Å². The molecule has 2 rings (SSSR count). The zero-order valence-corrected chi connectivity index (χ0v) is 14.8. The van der Waals surface area contributed by atoms with Crippen LogP contribution in [-0.4, -0.2) is 55.7 Å². The second-order valence-electron chi connectivity index (χ2n) is 7.10. The van der Waals surface area contributed by atoms with Crippen LogP contribution in [0.4, 0.5) is 13.2 Å². The molecule has 3 atom stereocenters. The molecule has 3 unspecified atom stereocenters. The van der Waals surface area contributed by atoms with Gasteiger partial charge in [0, 0.05) is 19.2 Å². The zero-order chi connectivity index (χ0) is 18.3. The summed E-state index contributed by atoms with van der Waals surface area (Å²) in [5.74, 6) is -0.151. The minimum atomic E-state index is -4.13. The van der Waals surface area contributed by atoms with Crippen molar-refractivity contribution in [2.24, 2.45) is 16.8 Å². The molecule has 2 aliphatic rings. The van der Waals surface area contributed by atoms with Crippen LogP contribution in [0.2, 0.25) is 0 Å². The lowest BCUT2D eigenvalue weighted by Gasteiger charge is -2.32. The molecule has 0 saturated heterocycles. The predicted molar refractivity (Wildman–Crippen MR) is 90.5 cm³/mol. The van der Waals surface area contributed by atoms with E-state index in [0.29, 0.717) is 37.9 Å². The fraction of sp³-hybridized carbons (Fsp3) is 0.941. The summed E-state index contributed by atoms with van der Waals surface area (Å²) in [6.45, 7) is 3.58. The number of guanidine groups is 1. The molecule has 0 heterocycles. The minimum Gasteiger partial charge on any atom is -0.389 e. The third-order valence-corrected chi connectivity index (χ3v) is 4.64. The molecule has 8 heteroatoms. The number of hydrogen-bond acceptors (Lipinski definition) is 3. The maximum absolute atomic E-state index is 12.9. The molecule has 0 bridgehead atoms. The topological polar surface area (TPSA) is 65.9 Å². The van der Waals surface area contributed by atoms with E-state index >= 15 is 0 Å². The van der Waals surface area contributed by atoms with Gasteiger partial charge in [0.1, 0.15) is 0 Å². The number of aliphatic hydroxyl groups is 1. The highest BCUT2D eigenvalue weighted by molar-refractivity contribution is 5.80. The minimum absolute atomic E-state index is 0.0704. The third kappa shape index (κ3) is 7.81. The summed E-state index contributed by atoms with van der Waals surface area (Å²) >= 11 is 0. The molecule has 0 aromatic carbocycles. The van der Waals surface area contributed by atoms with E-state index in [0.717, 1.165) is 0 Å². The first-order valence-corrected chi connectivity index (χ1v) is 9.25. The Morgan fingerprint density at radius 1 is 1.28 bits per heavy atom. The van der Waals surface area contributed by atoms with Crippen molar-refractivity contribution in [1.82, 2.24) is 10.6 Å². The van der Waals surface area contributed by atoms with Crippen molar-refractivity contribution in [3.05, 3.63) is 0 Å². The first-order chi connectivity index (χ1) is 11.9. The number of aliphatic imine (C=N–C) groups is 1. The number of alkyl halides is 3. The van der Waals surface area contributed by atoms with Crippen molar-refractivity contribution < 1.29 is 23.0 Å². The third-order valence-electron chi connectivity index (χ3n) is 4.64. The van der Waals surface area contributed by atoms with Crippen molar-refractivity contribution in [3.8, 4) is 0 Å². The second-order valence-corrected chi connectivity index (χ2v) is 7.10. The molecule has 0 aromatic heterocycles. The quantitative estimate of drug-likeness (QED) is 0.457. The van der Waals surface area contributed by atoms with Gasteiger partial charge in [0.15, 0.2) is 5.96 Å². The van der Waals surface area contributed by atoms with Gasteiger partial charge in [0.25, 0.3) is 0 Å². The fourth-order valence-corrected chi connectivity index (χ4v) is 3.04. The number of aliphatic hydroxyl groups excluding tert-OH is 1. The maximum Gasteiger partial charge on any atom is 0.391 e. The Kier molecular flexibility index (Phi) is 7.81. The number of halogens is 3. The van der Waals surface area contributed by atoms with E-state index in [2.05, 4.69) is 15.6 Å². The van der Waals surface area contributed by atoms with Gasteiger partial charge in [-0.25, -0.2) is 0 Å². The molecule has 2 saturated carbocycles. The summed E-state index contributed by atoms with van der Waals surface area (Å²) in [6, 6.07) is -0.249. The highest BCUT2D eigenvalue weighted by atomic mass is 19.4. The van der Waals surface area contributed by atoms with Crippen LogP contribution in [0, 0.1) is 11.8 Å². The monoisotopic (exact) mass is 365 g/mol. The van der Waals surface area contributed by atoms with Crippen molar-refractivity contribution in [2.75, 3.05) is 26.3 Å².